The first-order valence-electron chi connectivity index (χ1n) is 9.13. The number of piperazine rings is 1. The van der Waals surface area contributed by atoms with Crippen molar-refractivity contribution in [3.8, 4) is 0 Å². The number of aromatic nitrogens is 1. The van der Waals surface area contributed by atoms with Crippen LogP contribution in [0, 0.1) is 0 Å². The van der Waals surface area contributed by atoms with Crippen LogP contribution in [0.25, 0.3) is 10.2 Å². The molecule has 0 aliphatic carbocycles. The second-order valence-electron chi connectivity index (χ2n) is 6.74. The van der Waals surface area contributed by atoms with Gasteiger partial charge in [0.1, 0.15) is 0 Å². The highest BCUT2D eigenvalue weighted by Gasteiger charge is 2.39. The number of thiazole rings is 1. The van der Waals surface area contributed by atoms with Gasteiger partial charge in [-0.15, -0.1) is 16.4 Å². The molecular weight excluding hydrogens is 455 g/mol. The average molecular weight is 471 g/mol. The first-order chi connectivity index (χ1) is 14.7. The lowest BCUT2D eigenvalue weighted by atomic mass is 10.2. The highest BCUT2D eigenvalue weighted by molar-refractivity contribution is 7.89. The van der Waals surface area contributed by atoms with Crippen LogP contribution in [0.15, 0.2) is 52.9 Å². The van der Waals surface area contributed by atoms with Crippen molar-refractivity contribution in [2.75, 3.05) is 26.2 Å². The van der Waals surface area contributed by atoms with E-state index in [-0.39, 0.29) is 26.2 Å². The van der Waals surface area contributed by atoms with E-state index in [4.69, 9.17) is 4.84 Å². The largest absolute Gasteiger partial charge is 0.417 e. The minimum Gasteiger partial charge on any atom is -0.364 e. The summed E-state index contributed by atoms with van der Waals surface area (Å²) >= 11 is 1.38. The van der Waals surface area contributed by atoms with Crippen LogP contribution in [0.3, 0.4) is 0 Å². The monoisotopic (exact) mass is 471 g/mol. The van der Waals surface area contributed by atoms with Gasteiger partial charge in [0.25, 0.3) is 0 Å². The van der Waals surface area contributed by atoms with Crippen LogP contribution in [0.4, 0.5) is 13.2 Å². The lowest BCUT2D eigenvalue weighted by Gasteiger charge is -2.33. The van der Waals surface area contributed by atoms with Crippen molar-refractivity contribution in [1.82, 2.24) is 14.4 Å². The van der Waals surface area contributed by atoms with Gasteiger partial charge in [0.15, 0.2) is 0 Å². The van der Waals surface area contributed by atoms with Crippen LogP contribution in [0.1, 0.15) is 15.9 Å². The van der Waals surface area contributed by atoms with Gasteiger partial charge in [-0.3, -0.25) is 0 Å². The highest BCUT2D eigenvalue weighted by Crippen LogP contribution is 2.35. The fourth-order valence-electron chi connectivity index (χ4n) is 3.22. The number of nitrogens with zero attached hydrogens (tertiary/aromatic N) is 3. The number of hydrogen-bond donors (Lipinski definition) is 0. The van der Waals surface area contributed by atoms with E-state index in [0.29, 0.717) is 5.56 Å². The molecule has 4 rings (SSSR count). The Labute approximate surface area is 179 Å². The Morgan fingerprint density at radius 3 is 2.48 bits per heavy atom. The van der Waals surface area contributed by atoms with Crippen LogP contribution in [0.2, 0.25) is 0 Å². The normalized spacial score (nSPS) is 16.5. The summed E-state index contributed by atoms with van der Waals surface area (Å²) in [4.78, 5) is 21.1. The van der Waals surface area contributed by atoms with Crippen molar-refractivity contribution in [2.45, 2.75) is 11.1 Å². The molecule has 0 N–H and O–H groups in total. The van der Waals surface area contributed by atoms with Gasteiger partial charge >= 0.3 is 12.1 Å². The summed E-state index contributed by atoms with van der Waals surface area (Å²) in [7, 11) is -4.36. The lowest BCUT2D eigenvalue weighted by Crippen LogP contribution is -2.49. The molecule has 1 saturated heterocycles. The number of sulfonamides is 1. The van der Waals surface area contributed by atoms with Gasteiger partial charge in [-0.25, -0.2) is 18.2 Å². The summed E-state index contributed by atoms with van der Waals surface area (Å²) in [6.45, 7) is -0.171. The molecule has 31 heavy (non-hydrogen) atoms. The van der Waals surface area contributed by atoms with E-state index in [0.717, 1.165) is 32.7 Å². The first kappa shape index (κ1) is 21.7. The molecule has 3 aromatic rings. The third-order valence-corrected chi connectivity index (χ3v) is 7.54. The van der Waals surface area contributed by atoms with Crippen LogP contribution in [-0.4, -0.2) is 54.9 Å². The molecule has 0 bridgehead atoms. The quantitative estimate of drug-likeness (QED) is 0.581. The van der Waals surface area contributed by atoms with Crippen LogP contribution >= 0.6 is 11.3 Å². The molecule has 1 aliphatic rings. The van der Waals surface area contributed by atoms with E-state index < -0.39 is 32.6 Å². The van der Waals surface area contributed by atoms with E-state index in [2.05, 4.69) is 4.98 Å². The Hall–Kier alpha value is -2.54. The van der Waals surface area contributed by atoms with Gasteiger partial charge in [-0.05, 0) is 30.3 Å². The number of carbonyl (C=O) groups is 1. The maximum absolute atomic E-state index is 13.2. The van der Waals surface area contributed by atoms with Crippen molar-refractivity contribution in [2.24, 2.45) is 0 Å². The number of halogens is 3. The SMILES string of the molecule is O=C(ON1CCN(S(=O)(=O)c2ccccc2C(F)(F)F)CC1)c1ccc2ncsc2c1. The summed E-state index contributed by atoms with van der Waals surface area (Å²) in [5.74, 6) is -0.603. The van der Waals surface area contributed by atoms with Gasteiger partial charge in [-0.2, -0.15) is 17.5 Å². The molecule has 0 spiro atoms. The van der Waals surface area contributed by atoms with Crippen molar-refractivity contribution in [3.05, 3.63) is 59.1 Å². The molecule has 0 amide bonds. The van der Waals surface area contributed by atoms with E-state index >= 15 is 0 Å². The molecule has 0 radical (unpaired) electrons. The topological polar surface area (TPSA) is 79.8 Å². The van der Waals surface area contributed by atoms with Crippen molar-refractivity contribution in [1.29, 1.82) is 0 Å². The number of alkyl halides is 3. The zero-order chi connectivity index (χ0) is 22.2. The number of benzene rings is 2. The van der Waals surface area contributed by atoms with Gasteiger partial charge in [0.05, 0.1) is 31.7 Å². The number of hydroxylamine groups is 2. The van der Waals surface area contributed by atoms with Gasteiger partial charge in [0.2, 0.25) is 10.0 Å². The Balaban J connectivity index is 1.43. The van der Waals surface area contributed by atoms with Gasteiger partial charge in [0, 0.05) is 26.2 Å². The number of carbonyl (C=O) groups excluding carboxylic acids is 1. The molecule has 0 saturated carbocycles. The average Bonchev–Trinajstić information content (AvgIpc) is 3.21. The molecule has 1 fully saturated rings. The Morgan fingerprint density at radius 2 is 1.77 bits per heavy atom. The van der Waals surface area contributed by atoms with E-state index in [1.54, 1.807) is 23.7 Å². The summed E-state index contributed by atoms with van der Waals surface area (Å²) < 4.78 is 67.1. The lowest BCUT2D eigenvalue weighted by molar-refractivity contribution is -0.140. The smallest absolute Gasteiger partial charge is 0.364 e. The van der Waals surface area contributed by atoms with Crippen LogP contribution in [0.5, 0.6) is 0 Å². The maximum Gasteiger partial charge on any atom is 0.417 e. The predicted molar refractivity (Wildman–Crippen MR) is 107 cm³/mol. The molecule has 2 heterocycles. The number of fused-ring (bicyclic) bond motifs is 1. The summed E-state index contributed by atoms with van der Waals surface area (Å²) in [6, 6.07) is 9.02. The second kappa shape index (κ2) is 8.19. The Bertz CT molecular complexity index is 1220. The fourth-order valence-corrected chi connectivity index (χ4v) is 5.57. The minimum absolute atomic E-state index is 0.0297. The van der Waals surface area contributed by atoms with E-state index in [9.17, 15) is 26.4 Å². The molecule has 0 atom stereocenters. The van der Waals surface area contributed by atoms with E-state index in [1.807, 2.05) is 0 Å². The van der Waals surface area contributed by atoms with Crippen molar-refractivity contribution < 1.29 is 31.2 Å². The summed E-state index contributed by atoms with van der Waals surface area (Å²) in [5, 5.41) is 1.31. The van der Waals surface area contributed by atoms with Gasteiger partial charge in [-0.1, -0.05) is 12.1 Å². The molecule has 2 aromatic carbocycles. The molecule has 164 valence electrons. The third-order valence-electron chi connectivity index (χ3n) is 4.79. The molecular formula is C19H16F3N3O4S2. The molecule has 7 nitrogen and oxygen atoms in total. The van der Waals surface area contributed by atoms with Crippen LogP contribution < -0.4 is 0 Å². The fraction of sp³-hybridized carbons (Fsp3) is 0.263. The third kappa shape index (κ3) is 4.42. The highest BCUT2D eigenvalue weighted by atomic mass is 32.2. The van der Waals surface area contributed by atoms with Crippen molar-refractivity contribution >= 4 is 37.5 Å². The molecule has 1 aliphatic heterocycles. The standard InChI is InChI=1S/C19H16F3N3O4S2/c20-19(21,22)14-3-1-2-4-17(14)31(27,28)25-9-7-24(8-10-25)29-18(26)13-5-6-15-16(11-13)30-12-23-15/h1-6,11-12H,7-10H2. The summed E-state index contributed by atoms with van der Waals surface area (Å²) in [6.07, 6.45) is -4.79. The predicted octanol–water partition coefficient (Wildman–Crippen LogP) is 3.39. The molecule has 12 heteroatoms. The molecule has 0 unspecified atom stereocenters. The summed E-state index contributed by atoms with van der Waals surface area (Å²) in [5.41, 5.74) is 1.55. The Morgan fingerprint density at radius 1 is 1.06 bits per heavy atom. The maximum atomic E-state index is 13.2. The van der Waals surface area contributed by atoms with Crippen molar-refractivity contribution in [3.63, 3.8) is 0 Å². The Kier molecular flexibility index (Phi) is 5.73. The second-order valence-corrected chi connectivity index (χ2v) is 9.53. The zero-order valence-electron chi connectivity index (χ0n) is 15.9. The van der Waals surface area contributed by atoms with E-state index in [1.165, 1.54) is 22.5 Å². The first-order valence-corrected chi connectivity index (χ1v) is 11.4. The number of rotatable bonds is 4. The minimum atomic E-state index is -4.79. The molecule has 1 aromatic heterocycles. The zero-order valence-corrected chi connectivity index (χ0v) is 17.5. The van der Waals surface area contributed by atoms with Gasteiger partial charge < -0.3 is 4.84 Å². The van der Waals surface area contributed by atoms with Crippen LogP contribution in [-0.2, 0) is 21.0 Å². The number of hydrogen-bond acceptors (Lipinski definition) is 7.